The number of rotatable bonds is 7. The number of nitrogens with one attached hydrogen (secondary N) is 2. The smallest absolute Gasteiger partial charge is 0.399 e. The van der Waals surface area contributed by atoms with Gasteiger partial charge in [0, 0.05) is 5.56 Å². The van der Waals surface area contributed by atoms with E-state index in [2.05, 4.69) is 16.9 Å². The van der Waals surface area contributed by atoms with Crippen molar-refractivity contribution in [3.05, 3.63) is 77.2 Å². The number of sulfonamides is 1. The Morgan fingerprint density at radius 1 is 1.24 bits per heavy atom. The lowest BCUT2D eigenvalue weighted by Crippen LogP contribution is -2.27. The van der Waals surface area contributed by atoms with E-state index in [0.29, 0.717) is 5.75 Å². The number of nitrogens with zero attached hydrogens (tertiary/aromatic N) is 1. The molecule has 178 valence electrons. The average Bonchev–Trinajstić information content (AvgIpc) is 3.37. The van der Waals surface area contributed by atoms with E-state index in [9.17, 15) is 22.0 Å². The Morgan fingerprint density at radius 2 is 1.94 bits per heavy atom. The minimum atomic E-state index is -3.87. The van der Waals surface area contributed by atoms with Crippen molar-refractivity contribution in [2.45, 2.75) is 25.8 Å². The lowest BCUT2D eigenvalue weighted by Gasteiger charge is -2.15. The van der Waals surface area contributed by atoms with Gasteiger partial charge in [-0.1, -0.05) is 18.7 Å². The van der Waals surface area contributed by atoms with Crippen LogP contribution in [-0.2, 0) is 16.4 Å². The van der Waals surface area contributed by atoms with Gasteiger partial charge in [-0.25, -0.2) is 17.2 Å². The van der Waals surface area contributed by atoms with E-state index in [1.54, 1.807) is 10.8 Å². The van der Waals surface area contributed by atoms with Crippen molar-refractivity contribution in [2.75, 3.05) is 11.0 Å². The summed E-state index contributed by atoms with van der Waals surface area (Å²) in [5.74, 6) is -2.32. The molecule has 0 fully saturated rings. The van der Waals surface area contributed by atoms with E-state index in [1.165, 1.54) is 6.92 Å². The molecule has 1 atom stereocenters. The predicted molar refractivity (Wildman–Crippen MR) is 121 cm³/mol. The van der Waals surface area contributed by atoms with Gasteiger partial charge in [-0.15, -0.1) is 0 Å². The number of carbonyl (C=O) groups is 1. The molecule has 0 saturated carbocycles. The molecule has 1 heterocycles. The fourth-order valence-corrected chi connectivity index (χ4v) is 4.21. The molecule has 0 unspecified atom stereocenters. The van der Waals surface area contributed by atoms with Gasteiger partial charge in [-0.3, -0.25) is 9.52 Å². The number of carbonyl (C=O) groups excluding carboxylic acids is 1. The van der Waals surface area contributed by atoms with Crippen LogP contribution in [0.15, 0.2) is 47.6 Å². The Morgan fingerprint density at radius 3 is 2.62 bits per heavy atom. The molecule has 1 aliphatic carbocycles. The van der Waals surface area contributed by atoms with Gasteiger partial charge >= 0.3 is 6.08 Å². The van der Waals surface area contributed by atoms with Crippen LogP contribution in [0.1, 0.15) is 46.6 Å². The van der Waals surface area contributed by atoms with Crippen LogP contribution in [0, 0.1) is 11.6 Å². The van der Waals surface area contributed by atoms with Crippen LogP contribution in [0.4, 0.5) is 14.5 Å². The van der Waals surface area contributed by atoms with Crippen LogP contribution in [0.2, 0.25) is 0 Å². The third kappa shape index (κ3) is 4.93. The third-order valence-electron chi connectivity index (χ3n) is 5.30. The van der Waals surface area contributed by atoms with E-state index >= 15 is 0 Å². The number of anilines is 1. The molecule has 1 amide bonds. The molecule has 1 aliphatic rings. The number of fused-ring (bicyclic) bond motifs is 1. The average molecular weight is 490 g/mol. The van der Waals surface area contributed by atoms with Gasteiger partial charge < -0.3 is 14.5 Å². The van der Waals surface area contributed by atoms with E-state index < -0.39 is 39.3 Å². The number of oxazole rings is 1. The van der Waals surface area contributed by atoms with Gasteiger partial charge in [0.25, 0.3) is 5.91 Å². The zero-order valence-corrected chi connectivity index (χ0v) is 19.1. The molecule has 34 heavy (non-hydrogen) atoms. The minimum absolute atomic E-state index is 0.0856. The Balaban J connectivity index is 1.46. The Bertz CT molecular complexity index is 1380. The van der Waals surface area contributed by atoms with Gasteiger partial charge in [0.1, 0.15) is 17.7 Å². The van der Waals surface area contributed by atoms with Crippen molar-refractivity contribution in [2.24, 2.45) is 0 Å². The summed E-state index contributed by atoms with van der Waals surface area (Å²) >= 11 is 0. The minimum Gasteiger partial charge on any atom is -0.416 e. The highest BCUT2D eigenvalue weighted by Gasteiger charge is 2.22. The number of hydrogen-bond donors (Lipinski definition) is 2. The van der Waals surface area contributed by atoms with Gasteiger partial charge in [0.15, 0.2) is 17.3 Å². The van der Waals surface area contributed by atoms with E-state index in [-0.39, 0.29) is 17.3 Å². The van der Waals surface area contributed by atoms with Crippen molar-refractivity contribution < 1.29 is 31.1 Å². The standard InChI is InChI=1S/C23H21F2N3O5S/c1-12-7-8-16-15(12)5-4-6-20(16)33-23-27-19(11-32-23)22(29)26-13(2)14-9-17(24)21(18(25)10-14)28-34(3,30)31/h4-6,9-11,13,28H,1,7-8H2,2-3H3,(H,26,29)/t13-/m1/s1. The van der Waals surface area contributed by atoms with Gasteiger partial charge in [0.05, 0.1) is 12.3 Å². The number of benzene rings is 2. The summed E-state index contributed by atoms with van der Waals surface area (Å²) in [5.41, 5.74) is 2.24. The highest BCUT2D eigenvalue weighted by atomic mass is 32.2. The topological polar surface area (TPSA) is 111 Å². The van der Waals surface area contributed by atoms with Crippen LogP contribution >= 0.6 is 0 Å². The molecule has 8 nitrogen and oxygen atoms in total. The second-order valence-corrected chi connectivity index (χ2v) is 9.66. The lowest BCUT2D eigenvalue weighted by atomic mass is 10.1. The van der Waals surface area contributed by atoms with Crippen molar-refractivity contribution in [1.29, 1.82) is 0 Å². The van der Waals surface area contributed by atoms with Crippen molar-refractivity contribution in [1.82, 2.24) is 10.3 Å². The van der Waals surface area contributed by atoms with Crippen molar-refractivity contribution in [3.63, 3.8) is 0 Å². The van der Waals surface area contributed by atoms with Gasteiger partial charge in [-0.2, -0.15) is 4.98 Å². The molecule has 1 aromatic heterocycles. The van der Waals surface area contributed by atoms with E-state index in [0.717, 1.165) is 54.2 Å². The van der Waals surface area contributed by atoms with Crippen LogP contribution < -0.4 is 14.8 Å². The zero-order valence-electron chi connectivity index (χ0n) is 18.3. The van der Waals surface area contributed by atoms with Gasteiger partial charge in [-0.05, 0) is 54.7 Å². The molecular weight excluding hydrogens is 468 g/mol. The number of aromatic nitrogens is 1. The monoisotopic (exact) mass is 489 g/mol. The second kappa shape index (κ2) is 8.90. The quantitative estimate of drug-likeness (QED) is 0.503. The summed E-state index contributed by atoms with van der Waals surface area (Å²) < 4.78 is 63.9. The maximum Gasteiger partial charge on any atom is 0.399 e. The number of amides is 1. The fraction of sp³-hybridized carbons (Fsp3) is 0.217. The zero-order chi connectivity index (χ0) is 24.6. The summed E-state index contributed by atoms with van der Waals surface area (Å²) in [6.07, 6.45) is 3.37. The number of halogens is 2. The van der Waals surface area contributed by atoms with E-state index in [4.69, 9.17) is 9.15 Å². The molecule has 2 aromatic carbocycles. The lowest BCUT2D eigenvalue weighted by molar-refractivity contribution is 0.0934. The first-order valence-corrected chi connectivity index (χ1v) is 12.1. The Kier molecular flexibility index (Phi) is 6.13. The summed E-state index contributed by atoms with van der Waals surface area (Å²) in [4.78, 5) is 16.6. The molecule has 0 spiro atoms. The molecule has 11 heteroatoms. The molecule has 4 rings (SSSR count). The summed E-state index contributed by atoms with van der Waals surface area (Å²) in [5, 5.41) is 2.56. The van der Waals surface area contributed by atoms with Gasteiger partial charge in [0.2, 0.25) is 10.0 Å². The maximum atomic E-state index is 14.3. The molecule has 0 aliphatic heterocycles. The molecule has 0 saturated heterocycles. The summed E-state index contributed by atoms with van der Waals surface area (Å²) in [7, 11) is -3.87. The van der Waals surface area contributed by atoms with Crippen molar-refractivity contribution in [3.8, 4) is 11.8 Å². The van der Waals surface area contributed by atoms with Crippen LogP contribution in [0.3, 0.4) is 0 Å². The normalized spacial score (nSPS) is 13.9. The highest BCUT2D eigenvalue weighted by molar-refractivity contribution is 7.92. The summed E-state index contributed by atoms with van der Waals surface area (Å²) in [6, 6.07) is 6.61. The summed E-state index contributed by atoms with van der Waals surface area (Å²) in [6.45, 7) is 5.54. The van der Waals surface area contributed by atoms with Crippen LogP contribution in [0.25, 0.3) is 5.57 Å². The molecule has 0 bridgehead atoms. The third-order valence-corrected chi connectivity index (χ3v) is 5.88. The Hall–Kier alpha value is -3.73. The Labute approximate surface area is 194 Å². The number of allylic oxidation sites excluding steroid dienone is 1. The molecule has 0 radical (unpaired) electrons. The van der Waals surface area contributed by atoms with E-state index in [1.807, 2.05) is 12.1 Å². The first-order chi connectivity index (χ1) is 16.0. The largest absolute Gasteiger partial charge is 0.416 e. The van der Waals surface area contributed by atoms with Crippen molar-refractivity contribution >= 4 is 27.2 Å². The van der Waals surface area contributed by atoms with Crippen LogP contribution in [-0.4, -0.2) is 25.6 Å². The van der Waals surface area contributed by atoms with Crippen LogP contribution in [0.5, 0.6) is 11.8 Å². The molecular formula is C23H21F2N3O5S. The molecule has 3 aromatic rings. The predicted octanol–water partition coefficient (Wildman–Crippen LogP) is 4.57. The number of ether oxygens (including phenoxy) is 1. The fourth-order valence-electron chi connectivity index (χ4n) is 3.64. The molecule has 2 N–H and O–H groups in total. The highest BCUT2D eigenvalue weighted by Crippen LogP contribution is 2.38. The SMILES string of the molecule is C=C1CCc2c(Oc3nc(C(=O)N[C@H](C)c4cc(F)c(NS(C)(=O)=O)c(F)c4)co3)cccc21. The first-order valence-electron chi connectivity index (χ1n) is 10.2. The second-order valence-electron chi connectivity index (χ2n) is 7.92. The maximum absolute atomic E-state index is 14.3. The number of hydrogen-bond acceptors (Lipinski definition) is 6. The first kappa shape index (κ1) is 23.4.